The van der Waals surface area contributed by atoms with Crippen molar-refractivity contribution in [2.45, 2.75) is 51.3 Å². The van der Waals surface area contributed by atoms with Gasteiger partial charge in [0, 0.05) is 18.6 Å². The largest absolute Gasteiger partial charge is 0.387 e. The Morgan fingerprint density at radius 2 is 1.48 bits per heavy atom. The highest BCUT2D eigenvalue weighted by Gasteiger charge is 2.26. The Morgan fingerprint density at radius 3 is 2.09 bits per heavy atom. The van der Waals surface area contributed by atoms with Crippen LogP contribution in [-0.2, 0) is 0 Å². The lowest BCUT2D eigenvalue weighted by Crippen LogP contribution is -2.45. The maximum atomic E-state index is 10.6. The second-order valence-electron chi connectivity index (χ2n) is 6.83. The second-order valence-corrected chi connectivity index (χ2v) is 6.83. The van der Waals surface area contributed by atoms with Gasteiger partial charge in [0.2, 0.25) is 0 Å². The number of likely N-dealkylation sites (tertiary alicyclic amines) is 1. The van der Waals surface area contributed by atoms with E-state index in [1.807, 2.05) is 6.07 Å². The summed E-state index contributed by atoms with van der Waals surface area (Å²) in [6, 6.07) is 19.8. The number of β-amino-alcohol motifs (C(OH)–C–C–N with tert-alkyl or cyclic N) is 1. The van der Waals surface area contributed by atoms with Crippen molar-refractivity contribution in [2.75, 3.05) is 6.54 Å². The highest BCUT2D eigenvalue weighted by molar-refractivity contribution is 5.63. The van der Waals surface area contributed by atoms with Crippen molar-refractivity contribution < 1.29 is 5.11 Å². The van der Waals surface area contributed by atoms with Crippen LogP contribution < -0.4 is 0 Å². The first kappa shape index (κ1) is 16.2. The molecule has 1 aliphatic rings. The molecule has 0 radical (unpaired) electrons. The van der Waals surface area contributed by atoms with Gasteiger partial charge in [-0.25, -0.2) is 0 Å². The van der Waals surface area contributed by atoms with Crippen LogP contribution >= 0.6 is 0 Å². The lowest BCUT2D eigenvalue weighted by molar-refractivity contribution is 0.0412. The highest BCUT2D eigenvalue weighted by atomic mass is 16.3. The summed E-state index contributed by atoms with van der Waals surface area (Å²) in [6.07, 6.45) is 3.37. The number of rotatable bonds is 4. The summed E-state index contributed by atoms with van der Waals surface area (Å²) < 4.78 is 0. The van der Waals surface area contributed by atoms with E-state index in [0.717, 1.165) is 12.1 Å². The predicted molar refractivity (Wildman–Crippen MR) is 96.3 cm³/mol. The van der Waals surface area contributed by atoms with Crippen molar-refractivity contribution in [3.63, 3.8) is 0 Å². The van der Waals surface area contributed by atoms with E-state index in [-0.39, 0.29) is 0 Å². The van der Waals surface area contributed by atoms with E-state index in [9.17, 15) is 5.11 Å². The maximum absolute atomic E-state index is 10.6. The van der Waals surface area contributed by atoms with Gasteiger partial charge >= 0.3 is 0 Å². The van der Waals surface area contributed by atoms with Crippen LogP contribution in [0.15, 0.2) is 54.6 Å². The molecule has 0 amide bonds. The van der Waals surface area contributed by atoms with Gasteiger partial charge in [0.15, 0.2) is 0 Å². The molecule has 1 saturated heterocycles. The fourth-order valence-corrected chi connectivity index (χ4v) is 3.67. The average Bonchev–Trinajstić information content (AvgIpc) is 2.59. The molecule has 2 aromatic rings. The fourth-order valence-electron chi connectivity index (χ4n) is 3.67. The molecule has 3 atom stereocenters. The predicted octanol–water partition coefficient (Wildman–Crippen LogP) is 4.65. The van der Waals surface area contributed by atoms with Crippen LogP contribution in [0.2, 0.25) is 0 Å². The summed E-state index contributed by atoms with van der Waals surface area (Å²) in [5.41, 5.74) is 3.42. The van der Waals surface area contributed by atoms with E-state index in [0.29, 0.717) is 12.1 Å². The Morgan fingerprint density at radius 1 is 0.913 bits per heavy atom. The molecule has 0 saturated carbocycles. The molecule has 1 N–H and O–H groups in total. The zero-order valence-electron chi connectivity index (χ0n) is 14.2. The zero-order chi connectivity index (χ0) is 16.2. The standard InChI is InChI=1S/C21H27NO/c1-16-7-6-8-17(2)22(16)15-21(23)20-13-11-19(12-14-20)18-9-4-3-5-10-18/h3-5,9-14,16-17,21,23H,6-8,15H2,1-2H3. The molecule has 23 heavy (non-hydrogen) atoms. The molecule has 0 aliphatic carbocycles. The van der Waals surface area contributed by atoms with Gasteiger partial charge in [-0.15, -0.1) is 0 Å². The monoisotopic (exact) mass is 309 g/mol. The van der Waals surface area contributed by atoms with Crippen LogP contribution in [0.5, 0.6) is 0 Å². The van der Waals surface area contributed by atoms with Gasteiger partial charge in [0.05, 0.1) is 6.10 Å². The van der Waals surface area contributed by atoms with Crippen molar-refractivity contribution in [3.05, 3.63) is 60.2 Å². The maximum Gasteiger partial charge on any atom is 0.0917 e. The third-order valence-corrected chi connectivity index (χ3v) is 5.16. The number of hydrogen-bond donors (Lipinski definition) is 1. The molecule has 1 fully saturated rings. The van der Waals surface area contributed by atoms with Gasteiger partial charge in [0.25, 0.3) is 0 Å². The molecule has 0 spiro atoms. The average molecular weight is 309 g/mol. The topological polar surface area (TPSA) is 23.5 Å². The minimum Gasteiger partial charge on any atom is -0.387 e. The Bertz CT molecular complexity index is 597. The van der Waals surface area contributed by atoms with E-state index < -0.39 is 6.10 Å². The number of hydrogen-bond acceptors (Lipinski definition) is 2. The second kappa shape index (κ2) is 7.29. The Balaban J connectivity index is 1.69. The third kappa shape index (κ3) is 3.82. The van der Waals surface area contributed by atoms with Crippen molar-refractivity contribution in [1.29, 1.82) is 0 Å². The molecule has 122 valence electrons. The lowest BCUT2D eigenvalue weighted by Gasteiger charge is -2.40. The number of piperidine rings is 1. The van der Waals surface area contributed by atoms with Crippen LogP contribution in [-0.4, -0.2) is 28.6 Å². The Kier molecular flexibility index (Phi) is 5.14. The van der Waals surface area contributed by atoms with Gasteiger partial charge in [-0.2, -0.15) is 0 Å². The molecule has 0 aromatic heterocycles. The van der Waals surface area contributed by atoms with E-state index in [1.54, 1.807) is 0 Å². The number of aliphatic hydroxyl groups is 1. The first-order valence-corrected chi connectivity index (χ1v) is 8.74. The van der Waals surface area contributed by atoms with Crippen molar-refractivity contribution >= 4 is 0 Å². The Labute approximate surface area is 139 Å². The minimum absolute atomic E-state index is 0.414. The van der Waals surface area contributed by atoms with E-state index in [4.69, 9.17) is 0 Å². The first-order chi connectivity index (χ1) is 11.1. The van der Waals surface area contributed by atoms with Gasteiger partial charge in [0.1, 0.15) is 0 Å². The lowest BCUT2D eigenvalue weighted by atomic mass is 9.96. The number of aliphatic hydroxyl groups excluding tert-OH is 1. The smallest absolute Gasteiger partial charge is 0.0917 e. The number of benzene rings is 2. The quantitative estimate of drug-likeness (QED) is 0.888. The van der Waals surface area contributed by atoms with Crippen LogP contribution in [0.25, 0.3) is 11.1 Å². The zero-order valence-corrected chi connectivity index (χ0v) is 14.2. The highest BCUT2D eigenvalue weighted by Crippen LogP contribution is 2.27. The number of nitrogens with zero attached hydrogens (tertiary/aromatic N) is 1. The van der Waals surface area contributed by atoms with Crippen molar-refractivity contribution in [2.24, 2.45) is 0 Å². The van der Waals surface area contributed by atoms with E-state index >= 15 is 0 Å². The summed E-state index contributed by atoms with van der Waals surface area (Å²) in [4.78, 5) is 2.46. The summed E-state index contributed by atoms with van der Waals surface area (Å²) in [5, 5.41) is 10.6. The third-order valence-electron chi connectivity index (χ3n) is 5.16. The van der Waals surface area contributed by atoms with Crippen molar-refractivity contribution in [1.82, 2.24) is 4.90 Å². The van der Waals surface area contributed by atoms with Crippen LogP contribution in [0.1, 0.15) is 44.8 Å². The Hall–Kier alpha value is -1.64. The SMILES string of the molecule is CC1CCCC(C)N1CC(O)c1ccc(-c2ccccc2)cc1. The van der Waals surface area contributed by atoms with Crippen molar-refractivity contribution in [3.8, 4) is 11.1 Å². The van der Waals surface area contributed by atoms with Crippen LogP contribution in [0, 0.1) is 0 Å². The fraction of sp³-hybridized carbons (Fsp3) is 0.429. The normalized spacial score (nSPS) is 23.6. The first-order valence-electron chi connectivity index (χ1n) is 8.74. The van der Waals surface area contributed by atoms with E-state index in [1.165, 1.54) is 30.4 Å². The van der Waals surface area contributed by atoms with Gasteiger partial charge in [-0.3, -0.25) is 4.90 Å². The molecule has 1 aliphatic heterocycles. The molecule has 2 nitrogen and oxygen atoms in total. The molecular weight excluding hydrogens is 282 g/mol. The van der Waals surface area contributed by atoms with Gasteiger partial charge in [-0.05, 0) is 43.4 Å². The summed E-state index contributed by atoms with van der Waals surface area (Å²) >= 11 is 0. The molecule has 1 heterocycles. The molecule has 0 bridgehead atoms. The molecule has 2 heteroatoms. The van der Waals surface area contributed by atoms with Gasteiger partial charge < -0.3 is 5.11 Å². The summed E-state index contributed by atoms with van der Waals surface area (Å²) in [5.74, 6) is 0. The molecular formula is C21H27NO. The van der Waals surface area contributed by atoms with Crippen LogP contribution in [0.4, 0.5) is 0 Å². The van der Waals surface area contributed by atoms with Crippen LogP contribution in [0.3, 0.4) is 0 Å². The summed E-state index contributed by atoms with van der Waals surface area (Å²) in [6.45, 7) is 5.29. The molecule has 3 rings (SSSR count). The molecule has 3 unspecified atom stereocenters. The summed E-state index contributed by atoms with van der Waals surface area (Å²) in [7, 11) is 0. The van der Waals surface area contributed by atoms with E-state index in [2.05, 4.69) is 67.3 Å². The molecule has 2 aromatic carbocycles. The minimum atomic E-state index is -0.414. The van der Waals surface area contributed by atoms with Gasteiger partial charge in [-0.1, -0.05) is 61.0 Å².